The molecule has 1 N–H and O–H groups in total. The number of ether oxygens (including phenoxy) is 1. The maximum atomic E-state index is 13.1. The summed E-state index contributed by atoms with van der Waals surface area (Å²) in [6, 6.07) is 4.50. The number of likely N-dealkylation sites (tertiary alicyclic amines) is 1. The third-order valence-corrected chi connectivity index (χ3v) is 5.70. The van der Waals surface area contributed by atoms with Crippen molar-refractivity contribution in [1.82, 2.24) is 4.90 Å². The van der Waals surface area contributed by atoms with Gasteiger partial charge in [0.1, 0.15) is 11.8 Å². The number of nitrogens with zero attached hydrogens (tertiary/aromatic N) is 1. The lowest BCUT2D eigenvalue weighted by Gasteiger charge is -2.33. The number of carboxylic acids is 1. The van der Waals surface area contributed by atoms with E-state index in [4.69, 9.17) is 4.74 Å². The van der Waals surface area contributed by atoms with E-state index in [0.29, 0.717) is 28.1 Å². The second-order valence-corrected chi connectivity index (χ2v) is 7.11. The molecule has 1 aromatic rings. The molecule has 1 aliphatic heterocycles. The minimum absolute atomic E-state index is 0.0375. The smallest absolute Gasteiger partial charge is 0.326 e. The van der Waals surface area contributed by atoms with E-state index < -0.39 is 12.0 Å². The molecule has 1 saturated heterocycles. The average Bonchev–Trinajstić information content (AvgIpc) is 2.94. The zero-order valence-corrected chi connectivity index (χ0v) is 14.6. The predicted molar refractivity (Wildman–Crippen MR) is 88.7 cm³/mol. The lowest BCUT2D eigenvalue weighted by Crippen LogP contribution is -2.46. The second kappa shape index (κ2) is 6.51. The number of halogens is 1. The van der Waals surface area contributed by atoms with Crippen LogP contribution in [0.1, 0.15) is 42.5 Å². The highest BCUT2D eigenvalue weighted by molar-refractivity contribution is 9.10. The summed E-state index contributed by atoms with van der Waals surface area (Å²) in [7, 11) is 1.55. The van der Waals surface area contributed by atoms with Crippen LogP contribution in [0.5, 0.6) is 5.75 Å². The molecule has 2 fully saturated rings. The number of rotatable bonds is 3. The maximum Gasteiger partial charge on any atom is 0.326 e. The number of aliphatic carboxylic acids is 1. The van der Waals surface area contributed by atoms with E-state index in [1.807, 2.05) is 0 Å². The molecule has 2 aliphatic rings. The lowest BCUT2D eigenvalue weighted by molar-refractivity contribution is -0.141. The average molecular weight is 382 g/mol. The Morgan fingerprint density at radius 2 is 2.04 bits per heavy atom. The number of hydrogen-bond acceptors (Lipinski definition) is 3. The SMILES string of the molecule is COc1ccc(Br)c(C(=O)N2C(C(=O)O)CC3CCCCC32)c1. The Morgan fingerprint density at radius 3 is 2.74 bits per heavy atom. The summed E-state index contributed by atoms with van der Waals surface area (Å²) in [4.78, 5) is 26.4. The molecule has 6 heteroatoms. The van der Waals surface area contributed by atoms with Crippen molar-refractivity contribution < 1.29 is 19.4 Å². The van der Waals surface area contributed by atoms with Gasteiger partial charge in [0.05, 0.1) is 12.7 Å². The summed E-state index contributed by atoms with van der Waals surface area (Å²) in [5.74, 6) is -0.245. The molecule has 0 aromatic heterocycles. The van der Waals surface area contributed by atoms with E-state index in [-0.39, 0.29) is 11.9 Å². The Labute approximate surface area is 143 Å². The zero-order valence-electron chi connectivity index (χ0n) is 13.0. The molecule has 1 saturated carbocycles. The number of carbonyl (C=O) groups is 2. The fraction of sp³-hybridized carbons (Fsp3) is 0.529. The van der Waals surface area contributed by atoms with Gasteiger partial charge in [-0.2, -0.15) is 0 Å². The van der Waals surface area contributed by atoms with E-state index in [0.717, 1.165) is 25.7 Å². The first-order valence-electron chi connectivity index (χ1n) is 7.92. The predicted octanol–water partition coefficient (Wildman–Crippen LogP) is 3.32. The summed E-state index contributed by atoms with van der Waals surface area (Å²) in [6.07, 6.45) is 4.64. The molecule has 0 radical (unpaired) electrons. The van der Waals surface area contributed by atoms with Crippen LogP contribution in [0, 0.1) is 5.92 Å². The van der Waals surface area contributed by atoms with Crippen LogP contribution in [0.15, 0.2) is 22.7 Å². The quantitative estimate of drug-likeness (QED) is 0.871. The first-order chi connectivity index (χ1) is 11.0. The standard InChI is InChI=1S/C17H20BrNO4/c1-23-11-6-7-13(18)12(9-11)16(20)19-14-5-3-2-4-10(14)8-15(19)17(21)22/h6-7,9-10,14-15H,2-5,8H2,1H3,(H,21,22). The van der Waals surface area contributed by atoms with E-state index in [2.05, 4.69) is 15.9 Å². The van der Waals surface area contributed by atoms with E-state index in [1.165, 1.54) is 0 Å². The molecule has 5 nitrogen and oxygen atoms in total. The van der Waals surface area contributed by atoms with Crippen molar-refractivity contribution in [3.63, 3.8) is 0 Å². The summed E-state index contributed by atoms with van der Waals surface area (Å²) in [5, 5.41) is 9.57. The van der Waals surface area contributed by atoms with Crippen molar-refractivity contribution in [1.29, 1.82) is 0 Å². The summed E-state index contributed by atoms with van der Waals surface area (Å²) < 4.78 is 5.85. The Kier molecular flexibility index (Phi) is 4.62. The van der Waals surface area contributed by atoms with Gasteiger partial charge in [-0.25, -0.2) is 4.79 Å². The Bertz CT molecular complexity index is 633. The van der Waals surface area contributed by atoms with Gasteiger partial charge in [0.15, 0.2) is 0 Å². The number of amides is 1. The molecule has 124 valence electrons. The first kappa shape index (κ1) is 16.3. The lowest BCUT2D eigenvalue weighted by atomic mass is 9.84. The van der Waals surface area contributed by atoms with Gasteiger partial charge >= 0.3 is 5.97 Å². The van der Waals surface area contributed by atoms with Gasteiger partial charge in [0.2, 0.25) is 0 Å². The van der Waals surface area contributed by atoms with Gasteiger partial charge in [0, 0.05) is 10.5 Å². The monoisotopic (exact) mass is 381 g/mol. The topological polar surface area (TPSA) is 66.8 Å². The van der Waals surface area contributed by atoms with Gasteiger partial charge in [-0.3, -0.25) is 4.79 Å². The Balaban J connectivity index is 1.96. The summed E-state index contributed by atoms with van der Waals surface area (Å²) in [5.41, 5.74) is 0.460. The molecule has 0 spiro atoms. The third kappa shape index (κ3) is 2.96. The van der Waals surface area contributed by atoms with Crippen molar-refractivity contribution >= 4 is 27.8 Å². The minimum Gasteiger partial charge on any atom is -0.497 e. The molecule has 1 aromatic carbocycles. The van der Waals surface area contributed by atoms with Crippen LogP contribution in [0.2, 0.25) is 0 Å². The van der Waals surface area contributed by atoms with Crippen molar-refractivity contribution in [2.24, 2.45) is 5.92 Å². The van der Waals surface area contributed by atoms with Crippen molar-refractivity contribution in [2.75, 3.05) is 7.11 Å². The van der Waals surface area contributed by atoms with E-state index >= 15 is 0 Å². The van der Waals surface area contributed by atoms with Crippen LogP contribution in [0.4, 0.5) is 0 Å². The first-order valence-corrected chi connectivity index (χ1v) is 8.71. The molecule has 1 aliphatic carbocycles. The Morgan fingerprint density at radius 1 is 1.30 bits per heavy atom. The van der Waals surface area contributed by atoms with Crippen molar-refractivity contribution in [3.05, 3.63) is 28.2 Å². The Hall–Kier alpha value is -1.56. The summed E-state index contributed by atoms with van der Waals surface area (Å²) >= 11 is 3.40. The molecule has 3 atom stereocenters. The number of hydrogen-bond donors (Lipinski definition) is 1. The number of benzene rings is 1. The molecule has 3 rings (SSSR count). The molecule has 0 bridgehead atoms. The van der Waals surface area contributed by atoms with Gasteiger partial charge < -0.3 is 14.7 Å². The van der Waals surface area contributed by atoms with E-state index in [1.54, 1.807) is 30.2 Å². The highest BCUT2D eigenvalue weighted by Crippen LogP contribution is 2.41. The van der Waals surface area contributed by atoms with Crippen molar-refractivity contribution in [3.8, 4) is 5.75 Å². The number of methoxy groups -OCH3 is 1. The van der Waals surface area contributed by atoms with Gasteiger partial charge in [-0.1, -0.05) is 12.8 Å². The number of carboxylic acid groups (broad SMARTS) is 1. The minimum atomic E-state index is -0.910. The van der Waals surface area contributed by atoms with Gasteiger partial charge in [-0.15, -0.1) is 0 Å². The zero-order chi connectivity index (χ0) is 16.6. The molecule has 1 heterocycles. The highest BCUT2D eigenvalue weighted by Gasteiger charge is 2.47. The molecule has 1 amide bonds. The highest BCUT2D eigenvalue weighted by atomic mass is 79.9. The van der Waals surface area contributed by atoms with Crippen LogP contribution >= 0.6 is 15.9 Å². The van der Waals surface area contributed by atoms with Crippen LogP contribution < -0.4 is 4.74 Å². The number of fused-ring (bicyclic) bond motifs is 1. The van der Waals surface area contributed by atoms with Gasteiger partial charge in [-0.05, 0) is 59.3 Å². The van der Waals surface area contributed by atoms with Crippen LogP contribution in [-0.2, 0) is 4.79 Å². The van der Waals surface area contributed by atoms with E-state index in [9.17, 15) is 14.7 Å². The summed E-state index contributed by atoms with van der Waals surface area (Å²) in [6.45, 7) is 0. The molecule has 23 heavy (non-hydrogen) atoms. The third-order valence-electron chi connectivity index (χ3n) is 5.01. The largest absolute Gasteiger partial charge is 0.497 e. The van der Waals surface area contributed by atoms with Crippen LogP contribution in [0.3, 0.4) is 0 Å². The van der Waals surface area contributed by atoms with Crippen molar-refractivity contribution in [2.45, 2.75) is 44.2 Å². The fourth-order valence-corrected chi connectivity index (χ4v) is 4.32. The molecular formula is C17H20BrNO4. The molecular weight excluding hydrogens is 362 g/mol. The maximum absolute atomic E-state index is 13.1. The normalized spacial score (nSPS) is 26.7. The second-order valence-electron chi connectivity index (χ2n) is 6.26. The van der Waals surface area contributed by atoms with Gasteiger partial charge in [0.25, 0.3) is 5.91 Å². The molecule has 3 unspecified atom stereocenters. The number of carbonyl (C=O) groups excluding carboxylic acids is 1. The van der Waals surface area contributed by atoms with Crippen LogP contribution in [-0.4, -0.2) is 41.1 Å². The van der Waals surface area contributed by atoms with Crippen LogP contribution in [0.25, 0.3) is 0 Å². The fourth-order valence-electron chi connectivity index (χ4n) is 3.91.